The van der Waals surface area contributed by atoms with Crippen LogP contribution in [0.1, 0.15) is 66.1 Å². The predicted octanol–water partition coefficient (Wildman–Crippen LogP) is 2.25. The largest absolute Gasteiger partial charge is 0.352 e. The maximum atomic E-state index is 12.5. The van der Waals surface area contributed by atoms with Gasteiger partial charge in [0.1, 0.15) is 0 Å². The molecule has 1 aliphatic rings. The van der Waals surface area contributed by atoms with E-state index in [-0.39, 0.29) is 17.9 Å². The molecule has 1 saturated carbocycles. The number of hydrogen-bond donors (Lipinski definition) is 2. The Bertz CT molecular complexity index is 778. The van der Waals surface area contributed by atoms with Crippen LogP contribution in [0.3, 0.4) is 0 Å². The zero-order chi connectivity index (χ0) is 18.5. The highest BCUT2D eigenvalue weighted by Gasteiger charge is 2.27. The van der Waals surface area contributed by atoms with E-state index in [4.69, 9.17) is 0 Å². The highest BCUT2D eigenvalue weighted by atomic mass is 16.2. The average molecular weight is 355 g/mol. The molecule has 0 aliphatic heterocycles. The topological polar surface area (TPSA) is 88.9 Å². The van der Waals surface area contributed by atoms with Crippen molar-refractivity contribution in [2.45, 2.75) is 52.0 Å². The van der Waals surface area contributed by atoms with E-state index < -0.39 is 0 Å². The normalized spacial score (nSPS) is 13.5. The highest BCUT2D eigenvalue weighted by molar-refractivity contribution is 5.94. The number of carbonyl (C=O) groups is 2. The smallest absolute Gasteiger partial charge is 0.273 e. The Morgan fingerprint density at radius 1 is 1.15 bits per heavy atom. The molecule has 2 N–H and O–H groups in total. The summed E-state index contributed by atoms with van der Waals surface area (Å²) in [4.78, 5) is 24.4. The van der Waals surface area contributed by atoms with E-state index in [0.29, 0.717) is 17.8 Å². The Balaban J connectivity index is 1.86. The average Bonchev–Trinajstić information content (AvgIpc) is 3.36. The van der Waals surface area contributed by atoms with Crippen LogP contribution in [-0.2, 0) is 6.42 Å². The fourth-order valence-corrected chi connectivity index (χ4v) is 2.75. The van der Waals surface area contributed by atoms with Gasteiger partial charge in [0.15, 0.2) is 5.69 Å². The minimum Gasteiger partial charge on any atom is -0.352 e. The van der Waals surface area contributed by atoms with Gasteiger partial charge in [0, 0.05) is 18.2 Å². The molecule has 0 atom stereocenters. The molecule has 1 fully saturated rings. The molecule has 7 nitrogen and oxygen atoms in total. The summed E-state index contributed by atoms with van der Waals surface area (Å²) in [5.74, 6) is -0.253. The second-order valence-corrected chi connectivity index (χ2v) is 6.55. The van der Waals surface area contributed by atoms with E-state index in [2.05, 4.69) is 27.9 Å². The van der Waals surface area contributed by atoms with Crippen LogP contribution in [0.2, 0.25) is 0 Å². The standard InChI is InChI=1S/C19H25N5O2/c1-3-5-6-16-17(19(26)21-14-9-10-14)22-23-24(16)15-11-7-13(8-12-15)18(25)20-4-2/h7-8,11-12,14H,3-6,9-10H2,1-2H3,(H,20,25)(H,21,26). The Morgan fingerprint density at radius 3 is 2.50 bits per heavy atom. The number of amides is 2. The summed E-state index contributed by atoms with van der Waals surface area (Å²) in [6.07, 6.45) is 4.77. The number of unbranched alkanes of at least 4 members (excludes halogenated alkanes) is 1. The van der Waals surface area contributed by atoms with E-state index >= 15 is 0 Å². The first-order valence-electron chi connectivity index (χ1n) is 9.28. The molecule has 1 aromatic carbocycles. The summed E-state index contributed by atoms with van der Waals surface area (Å²) in [5.41, 5.74) is 2.61. The van der Waals surface area contributed by atoms with Crippen LogP contribution in [-0.4, -0.2) is 39.4 Å². The van der Waals surface area contributed by atoms with Crippen LogP contribution < -0.4 is 10.6 Å². The number of hydrogen-bond acceptors (Lipinski definition) is 4. The van der Waals surface area contributed by atoms with Crippen LogP contribution in [0.25, 0.3) is 5.69 Å². The van der Waals surface area contributed by atoms with Gasteiger partial charge in [-0.1, -0.05) is 18.6 Å². The quantitative estimate of drug-likeness (QED) is 0.760. The van der Waals surface area contributed by atoms with Crippen LogP contribution in [0.15, 0.2) is 24.3 Å². The lowest BCUT2D eigenvalue weighted by atomic mass is 10.1. The number of rotatable bonds is 8. The lowest BCUT2D eigenvalue weighted by Crippen LogP contribution is -2.27. The monoisotopic (exact) mass is 355 g/mol. The van der Waals surface area contributed by atoms with Crippen LogP contribution >= 0.6 is 0 Å². The van der Waals surface area contributed by atoms with Crippen molar-refractivity contribution in [1.29, 1.82) is 0 Å². The van der Waals surface area contributed by atoms with Crippen molar-refractivity contribution in [3.63, 3.8) is 0 Å². The van der Waals surface area contributed by atoms with Gasteiger partial charge in [-0.2, -0.15) is 0 Å². The van der Waals surface area contributed by atoms with Crippen molar-refractivity contribution in [3.05, 3.63) is 41.2 Å². The maximum absolute atomic E-state index is 12.5. The van der Waals surface area contributed by atoms with Gasteiger partial charge in [0.05, 0.1) is 11.4 Å². The van der Waals surface area contributed by atoms with Gasteiger partial charge in [-0.05, 0) is 56.9 Å². The third kappa shape index (κ3) is 4.09. The van der Waals surface area contributed by atoms with Crippen LogP contribution in [0, 0.1) is 0 Å². The summed E-state index contributed by atoms with van der Waals surface area (Å²) in [6, 6.07) is 7.46. The van der Waals surface area contributed by atoms with Gasteiger partial charge in [-0.15, -0.1) is 5.10 Å². The molecule has 138 valence electrons. The fraction of sp³-hybridized carbons (Fsp3) is 0.474. The van der Waals surface area contributed by atoms with Crippen molar-refractivity contribution >= 4 is 11.8 Å². The predicted molar refractivity (Wildman–Crippen MR) is 98.5 cm³/mol. The molecule has 0 unspecified atom stereocenters. The van der Waals surface area contributed by atoms with Crippen molar-refractivity contribution < 1.29 is 9.59 Å². The highest BCUT2D eigenvalue weighted by Crippen LogP contribution is 2.21. The van der Waals surface area contributed by atoms with Gasteiger partial charge in [-0.25, -0.2) is 4.68 Å². The van der Waals surface area contributed by atoms with Crippen molar-refractivity contribution in [2.75, 3.05) is 6.54 Å². The van der Waals surface area contributed by atoms with E-state index in [1.807, 2.05) is 19.1 Å². The molecular weight excluding hydrogens is 330 g/mol. The zero-order valence-corrected chi connectivity index (χ0v) is 15.3. The van der Waals surface area contributed by atoms with Crippen molar-refractivity contribution in [1.82, 2.24) is 25.6 Å². The number of nitrogens with one attached hydrogen (secondary N) is 2. The molecule has 26 heavy (non-hydrogen) atoms. The van der Waals surface area contributed by atoms with Crippen LogP contribution in [0.4, 0.5) is 0 Å². The summed E-state index contributed by atoms with van der Waals surface area (Å²) in [7, 11) is 0. The molecule has 2 amide bonds. The number of benzene rings is 1. The SMILES string of the molecule is CCCCc1c(C(=O)NC2CC2)nnn1-c1ccc(C(=O)NCC)cc1. The first kappa shape index (κ1) is 18.1. The van der Waals surface area contributed by atoms with Gasteiger partial charge >= 0.3 is 0 Å². The summed E-state index contributed by atoms with van der Waals surface area (Å²) < 4.78 is 1.71. The van der Waals surface area contributed by atoms with Gasteiger partial charge in [-0.3, -0.25) is 9.59 Å². The second-order valence-electron chi connectivity index (χ2n) is 6.55. The first-order chi connectivity index (χ1) is 12.6. The second kappa shape index (κ2) is 8.12. The van der Waals surface area contributed by atoms with E-state index in [1.54, 1.807) is 16.8 Å². The molecule has 0 spiro atoms. The zero-order valence-electron chi connectivity index (χ0n) is 15.3. The molecule has 1 heterocycles. The number of carbonyl (C=O) groups excluding carboxylic acids is 2. The third-order valence-corrected chi connectivity index (χ3v) is 4.37. The van der Waals surface area contributed by atoms with E-state index in [0.717, 1.165) is 43.5 Å². The Kier molecular flexibility index (Phi) is 5.65. The van der Waals surface area contributed by atoms with Gasteiger partial charge < -0.3 is 10.6 Å². The Labute approximate surface area is 153 Å². The minimum atomic E-state index is -0.149. The molecule has 0 saturated heterocycles. The number of nitrogens with zero attached hydrogens (tertiary/aromatic N) is 3. The Hall–Kier alpha value is -2.70. The summed E-state index contributed by atoms with van der Waals surface area (Å²) in [5, 5.41) is 14.1. The summed E-state index contributed by atoms with van der Waals surface area (Å²) >= 11 is 0. The molecule has 1 aromatic heterocycles. The van der Waals surface area contributed by atoms with Crippen molar-refractivity contribution in [3.8, 4) is 5.69 Å². The molecular formula is C19H25N5O2. The molecule has 1 aliphatic carbocycles. The molecule has 0 bridgehead atoms. The van der Waals surface area contributed by atoms with Gasteiger partial charge in [0.25, 0.3) is 11.8 Å². The lowest BCUT2D eigenvalue weighted by Gasteiger charge is -2.09. The number of aromatic nitrogens is 3. The maximum Gasteiger partial charge on any atom is 0.273 e. The Morgan fingerprint density at radius 2 is 1.88 bits per heavy atom. The lowest BCUT2D eigenvalue weighted by molar-refractivity contribution is 0.0940. The molecule has 7 heteroatoms. The molecule has 0 radical (unpaired) electrons. The summed E-state index contributed by atoms with van der Waals surface area (Å²) in [6.45, 7) is 4.58. The molecule has 2 aromatic rings. The van der Waals surface area contributed by atoms with Crippen molar-refractivity contribution in [2.24, 2.45) is 0 Å². The molecule has 3 rings (SSSR count). The fourth-order valence-electron chi connectivity index (χ4n) is 2.75. The first-order valence-corrected chi connectivity index (χ1v) is 9.28. The van der Waals surface area contributed by atoms with E-state index in [1.165, 1.54) is 0 Å². The van der Waals surface area contributed by atoms with Gasteiger partial charge in [0.2, 0.25) is 0 Å². The van der Waals surface area contributed by atoms with E-state index in [9.17, 15) is 9.59 Å². The van der Waals surface area contributed by atoms with Crippen LogP contribution in [0.5, 0.6) is 0 Å². The third-order valence-electron chi connectivity index (χ3n) is 4.37. The minimum absolute atomic E-state index is 0.103.